The molecule has 0 amide bonds. The molecule has 0 radical (unpaired) electrons. The lowest BCUT2D eigenvalue weighted by molar-refractivity contribution is 0.818. The highest BCUT2D eigenvalue weighted by atomic mass is 32.1. The van der Waals surface area contributed by atoms with Gasteiger partial charge in [0.25, 0.3) is 0 Å². The second-order valence-electron chi connectivity index (χ2n) is 3.27. The van der Waals surface area contributed by atoms with Gasteiger partial charge >= 0.3 is 0 Å². The van der Waals surface area contributed by atoms with Crippen molar-refractivity contribution >= 4 is 32.6 Å². The van der Waals surface area contributed by atoms with E-state index in [0.29, 0.717) is 0 Å². The second-order valence-corrected chi connectivity index (χ2v) is 4.12. The predicted octanol–water partition coefficient (Wildman–Crippen LogP) is 4.30. The topological polar surface area (TPSA) is 17.8 Å². The van der Waals surface area contributed by atoms with Crippen LogP contribution in [-0.2, 0) is 6.54 Å². The van der Waals surface area contributed by atoms with Crippen LogP contribution < -0.4 is 0 Å². The fraction of sp³-hybridized carbons (Fsp3) is 0.308. The van der Waals surface area contributed by atoms with Gasteiger partial charge in [0.1, 0.15) is 0 Å². The number of para-hydroxylation sites is 1. The fourth-order valence-electron chi connectivity index (χ4n) is 1.95. The lowest BCUT2D eigenvalue weighted by atomic mass is 10.2. The summed E-state index contributed by atoms with van der Waals surface area (Å²) in [6.45, 7) is 7.14. The van der Waals surface area contributed by atoms with Crippen LogP contribution in [0.4, 0.5) is 0 Å². The van der Waals surface area contributed by atoms with E-state index in [-0.39, 0.29) is 0 Å². The van der Waals surface area contributed by atoms with Gasteiger partial charge in [0.2, 0.25) is 0 Å². The molecule has 2 nitrogen and oxygen atoms in total. The molecule has 0 saturated heterocycles. The molecule has 84 valence electrons. The van der Waals surface area contributed by atoms with Crippen molar-refractivity contribution < 1.29 is 0 Å². The molecular weight excluding hydrogens is 216 g/mol. The minimum atomic E-state index is 0.980. The van der Waals surface area contributed by atoms with Crippen LogP contribution in [0.25, 0.3) is 21.3 Å². The summed E-state index contributed by atoms with van der Waals surface area (Å²) in [5.41, 5.74) is 4.34. The molecule has 0 bridgehead atoms. The molecule has 0 aliphatic carbocycles. The maximum absolute atomic E-state index is 4.41. The van der Waals surface area contributed by atoms with Crippen molar-refractivity contribution in [2.24, 2.45) is 0 Å². The standard InChI is InChI=1S/C11H10N2S.C2H6/c1-2-13-9-6-4-3-5-8(9)10-11(13)12-7-14-10;1-2/h3-7H,2H2,1H3;1-2H3. The van der Waals surface area contributed by atoms with Crippen molar-refractivity contribution in [2.45, 2.75) is 27.3 Å². The van der Waals surface area contributed by atoms with Gasteiger partial charge in [-0.1, -0.05) is 32.0 Å². The first kappa shape index (κ1) is 11.1. The number of thiazole rings is 1. The van der Waals surface area contributed by atoms with Crippen LogP contribution in [0.15, 0.2) is 29.8 Å². The molecule has 0 saturated carbocycles. The molecule has 2 aromatic heterocycles. The highest BCUT2D eigenvalue weighted by Crippen LogP contribution is 2.30. The number of nitrogens with zero attached hydrogens (tertiary/aromatic N) is 2. The zero-order chi connectivity index (χ0) is 11.5. The molecule has 0 aliphatic heterocycles. The van der Waals surface area contributed by atoms with Crippen molar-refractivity contribution in [3.63, 3.8) is 0 Å². The lowest BCUT2D eigenvalue weighted by Gasteiger charge is -1.99. The van der Waals surface area contributed by atoms with Crippen LogP contribution in [0.3, 0.4) is 0 Å². The fourth-order valence-corrected chi connectivity index (χ4v) is 2.78. The van der Waals surface area contributed by atoms with Crippen molar-refractivity contribution in [2.75, 3.05) is 0 Å². The molecule has 0 aliphatic rings. The summed E-state index contributed by atoms with van der Waals surface area (Å²) < 4.78 is 3.57. The van der Waals surface area contributed by atoms with Crippen LogP contribution >= 0.6 is 11.3 Å². The van der Waals surface area contributed by atoms with Crippen molar-refractivity contribution in [1.29, 1.82) is 0 Å². The lowest BCUT2D eigenvalue weighted by Crippen LogP contribution is -1.92. The van der Waals surface area contributed by atoms with Crippen LogP contribution in [0.1, 0.15) is 20.8 Å². The number of benzene rings is 1. The Morgan fingerprint density at radius 3 is 2.75 bits per heavy atom. The van der Waals surface area contributed by atoms with Crippen LogP contribution in [-0.4, -0.2) is 9.55 Å². The van der Waals surface area contributed by atoms with E-state index in [9.17, 15) is 0 Å². The number of hydrogen-bond donors (Lipinski definition) is 0. The van der Waals surface area contributed by atoms with E-state index in [4.69, 9.17) is 0 Å². The van der Waals surface area contributed by atoms with E-state index in [1.165, 1.54) is 15.6 Å². The normalized spacial score (nSPS) is 10.4. The first-order chi connectivity index (χ1) is 7.92. The zero-order valence-corrected chi connectivity index (χ0v) is 10.7. The Morgan fingerprint density at radius 1 is 1.25 bits per heavy atom. The summed E-state index contributed by atoms with van der Waals surface area (Å²) in [5, 5.41) is 1.33. The summed E-state index contributed by atoms with van der Waals surface area (Å²) in [6.07, 6.45) is 0. The van der Waals surface area contributed by atoms with Gasteiger partial charge in [-0.3, -0.25) is 0 Å². The number of hydrogen-bond acceptors (Lipinski definition) is 2. The third kappa shape index (κ3) is 1.52. The van der Waals surface area contributed by atoms with Gasteiger partial charge in [-0.2, -0.15) is 0 Å². The third-order valence-electron chi connectivity index (χ3n) is 2.56. The molecule has 0 N–H and O–H groups in total. The Morgan fingerprint density at radius 2 is 2.00 bits per heavy atom. The van der Waals surface area contributed by atoms with Gasteiger partial charge in [-0.25, -0.2) is 4.98 Å². The Hall–Kier alpha value is -1.35. The molecular formula is C13H16N2S. The van der Waals surface area contributed by atoms with Gasteiger partial charge in [-0.05, 0) is 13.0 Å². The summed E-state index contributed by atoms with van der Waals surface area (Å²) in [6, 6.07) is 8.49. The van der Waals surface area contributed by atoms with Gasteiger partial charge in [0.05, 0.1) is 15.7 Å². The maximum Gasteiger partial charge on any atom is 0.152 e. The van der Waals surface area contributed by atoms with Gasteiger partial charge in [0.15, 0.2) is 5.65 Å². The van der Waals surface area contributed by atoms with Crippen molar-refractivity contribution in [3.05, 3.63) is 29.8 Å². The van der Waals surface area contributed by atoms with Crippen molar-refractivity contribution in [1.82, 2.24) is 9.55 Å². The Bertz CT molecular complexity index is 592. The maximum atomic E-state index is 4.41. The summed E-state index contributed by atoms with van der Waals surface area (Å²) in [4.78, 5) is 4.41. The SMILES string of the molecule is CC.CCn1c2ccccc2c2scnc21. The molecule has 0 atom stereocenters. The molecule has 0 unspecified atom stereocenters. The zero-order valence-electron chi connectivity index (χ0n) is 9.90. The first-order valence-electron chi connectivity index (χ1n) is 5.72. The summed E-state index contributed by atoms with van der Waals surface area (Å²) >= 11 is 1.72. The molecule has 0 fully saturated rings. The number of fused-ring (bicyclic) bond motifs is 3. The predicted molar refractivity (Wildman–Crippen MR) is 72.1 cm³/mol. The monoisotopic (exact) mass is 232 g/mol. The highest BCUT2D eigenvalue weighted by Gasteiger charge is 2.10. The molecule has 0 spiro atoms. The minimum absolute atomic E-state index is 0.980. The van der Waals surface area contributed by atoms with Gasteiger partial charge < -0.3 is 4.57 Å². The molecule has 3 aromatic rings. The van der Waals surface area contributed by atoms with Crippen LogP contribution in [0.5, 0.6) is 0 Å². The number of aromatic nitrogens is 2. The van der Waals surface area contributed by atoms with E-state index < -0.39 is 0 Å². The minimum Gasteiger partial charge on any atom is -0.325 e. The molecule has 16 heavy (non-hydrogen) atoms. The van der Waals surface area contributed by atoms with E-state index in [2.05, 4.69) is 40.7 Å². The quantitative estimate of drug-likeness (QED) is 0.611. The molecule has 3 rings (SSSR count). The van der Waals surface area contributed by atoms with Crippen LogP contribution in [0, 0.1) is 0 Å². The summed E-state index contributed by atoms with van der Waals surface area (Å²) in [5.74, 6) is 0. The van der Waals surface area contributed by atoms with Gasteiger partial charge in [0, 0.05) is 11.9 Å². The average Bonchev–Trinajstić information content (AvgIpc) is 2.91. The largest absolute Gasteiger partial charge is 0.325 e. The van der Waals surface area contributed by atoms with E-state index >= 15 is 0 Å². The van der Waals surface area contributed by atoms with E-state index in [1.807, 2.05) is 19.4 Å². The Kier molecular flexibility index (Phi) is 3.25. The molecule has 1 aromatic carbocycles. The van der Waals surface area contributed by atoms with E-state index in [1.54, 1.807) is 11.3 Å². The smallest absolute Gasteiger partial charge is 0.152 e. The number of aryl methyl sites for hydroxylation is 1. The Balaban J connectivity index is 0.000000457. The molecule has 3 heteroatoms. The Labute approximate surface area is 99.5 Å². The van der Waals surface area contributed by atoms with E-state index in [0.717, 1.165) is 12.2 Å². The second kappa shape index (κ2) is 4.66. The first-order valence-corrected chi connectivity index (χ1v) is 6.60. The van der Waals surface area contributed by atoms with Crippen molar-refractivity contribution in [3.8, 4) is 0 Å². The average molecular weight is 232 g/mol. The molecule has 2 heterocycles. The van der Waals surface area contributed by atoms with Crippen LogP contribution in [0.2, 0.25) is 0 Å². The van der Waals surface area contributed by atoms with Gasteiger partial charge in [-0.15, -0.1) is 11.3 Å². The highest BCUT2D eigenvalue weighted by molar-refractivity contribution is 7.17. The number of rotatable bonds is 1. The summed E-state index contributed by atoms with van der Waals surface area (Å²) in [7, 11) is 0. The third-order valence-corrected chi connectivity index (χ3v) is 3.41.